The van der Waals surface area contributed by atoms with Crippen LogP contribution in [0.4, 0.5) is 0 Å². The zero-order valence-electron chi connectivity index (χ0n) is 10.1. The summed E-state index contributed by atoms with van der Waals surface area (Å²) in [5, 5.41) is 1.33. The molecular formula is C15H15NOS. The number of fused-ring (bicyclic) bond motifs is 1. The number of nitrogens with zero attached hydrogens (tertiary/aromatic N) is 1. The Hall–Kier alpha value is -1.35. The van der Waals surface area contributed by atoms with Gasteiger partial charge < -0.3 is 0 Å². The minimum absolute atomic E-state index is 0.219. The molecule has 1 aliphatic rings. The fraction of sp³-hybridized carbons (Fsp3) is 0.333. The van der Waals surface area contributed by atoms with Crippen molar-refractivity contribution in [2.24, 2.45) is 0 Å². The number of ketones is 1. The average Bonchev–Trinajstić information content (AvgIpc) is 2.93. The van der Waals surface area contributed by atoms with Gasteiger partial charge in [0.25, 0.3) is 0 Å². The quantitative estimate of drug-likeness (QED) is 0.845. The fourth-order valence-corrected chi connectivity index (χ4v) is 3.66. The van der Waals surface area contributed by atoms with E-state index in [0.717, 1.165) is 28.6 Å². The molecule has 3 heteroatoms. The molecule has 2 heterocycles. The summed E-state index contributed by atoms with van der Waals surface area (Å²) < 4.78 is 0. The Morgan fingerprint density at radius 1 is 1.33 bits per heavy atom. The highest BCUT2D eigenvalue weighted by Gasteiger charge is 2.23. The number of para-hydroxylation sites is 1. The van der Waals surface area contributed by atoms with Gasteiger partial charge in [-0.1, -0.05) is 18.2 Å². The number of Topliss-reactive ketones (excluding diaryl/α,β-unsaturated/α-hetero) is 1. The van der Waals surface area contributed by atoms with Crippen molar-refractivity contribution in [2.75, 3.05) is 5.75 Å². The highest BCUT2D eigenvalue weighted by Crippen LogP contribution is 2.28. The lowest BCUT2D eigenvalue weighted by molar-refractivity contribution is -0.117. The zero-order valence-corrected chi connectivity index (χ0v) is 11.0. The van der Waals surface area contributed by atoms with Crippen molar-refractivity contribution in [1.29, 1.82) is 0 Å². The fourth-order valence-electron chi connectivity index (χ4n) is 2.44. The number of hydrogen-bond acceptors (Lipinski definition) is 3. The maximum absolute atomic E-state index is 12.2. The zero-order chi connectivity index (χ0) is 12.4. The minimum atomic E-state index is 0.219. The monoisotopic (exact) mass is 257 g/mol. The van der Waals surface area contributed by atoms with Gasteiger partial charge in [0.2, 0.25) is 0 Å². The lowest BCUT2D eigenvalue weighted by atomic mass is 10.0. The number of rotatable bonds is 3. The van der Waals surface area contributed by atoms with Gasteiger partial charge in [-0.2, -0.15) is 11.8 Å². The Kier molecular flexibility index (Phi) is 3.33. The average molecular weight is 257 g/mol. The molecule has 0 spiro atoms. The van der Waals surface area contributed by atoms with Crippen LogP contribution in [0.25, 0.3) is 10.9 Å². The number of pyridine rings is 1. The molecule has 1 aliphatic heterocycles. The predicted molar refractivity (Wildman–Crippen MR) is 75.9 cm³/mol. The Morgan fingerprint density at radius 2 is 2.22 bits per heavy atom. The summed E-state index contributed by atoms with van der Waals surface area (Å²) in [6, 6.07) is 10.00. The van der Waals surface area contributed by atoms with Crippen molar-refractivity contribution in [1.82, 2.24) is 4.98 Å². The third-order valence-electron chi connectivity index (χ3n) is 3.39. The molecular weight excluding hydrogens is 242 g/mol. The van der Waals surface area contributed by atoms with Crippen LogP contribution in [-0.2, 0) is 11.2 Å². The maximum atomic E-state index is 12.2. The van der Waals surface area contributed by atoms with Gasteiger partial charge in [-0.25, -0.2) is 0 Å². The Labute approximate surface area is 111 Å². The summed E-state index contributed by atoms with van der Waals surface area (Å²) in [5.74, 6) is 1.50. The van der Waals surface area contributed by atoms with Crippen molar-refractivity contribution in [3.63, 3.8) is 0 Å². The van der Waals surface area contributed by atoms with E-state index in [1.807, 2.05) is 42.1 Å². The summed E-state index contributed by atoms with van der Waals surface area (Å²) in [7, 11) is 0. The molecule has 2 aromatic rings. The van der Waals surface area contributed by atoms with E-state index >= 15 is 0 Å². The van der Waals surface area contributed by atoms with E-state index in [1.54, 1.807) is 6.20 Å². The van der Waals surface area contributed by atoms with Crippen LogP contribution in [0.3, 0.4) is 0 Å². The van der Waals surface area contributed by atoms with Gasteiger partial charge in [0, 0.05) is 18.0 Å². The standard InChI is InChI=1S/C15H15NOS/c17-14(15-6-3-9-18-15)10-11-7-8-16-13-5-2-1-4-12(11)13/h1-2,4-5,7-8,15H,3,6,9-10H2. The lowest BCUT2D eigenvalue weighted by Crippen LogP contribution is -2.16. The topological polar surface area (TPSA) is 30.0 Å². The maximum Gasteiger partial charge on any atom is 0.150 e. The van der Waals surface area contributed by atoms with Gasteiger partial charge in [0.05, 0.1) is 10.8 Å². The molecule has 1 fully saturated rings. The molecule has 2 nitrogen and oxygen atoms in total. The van der Waals surface area contributed by atoms with E-state index in [0.29, 0.717) is 12.2 Å². The van der Waals surface area contributed by atoms with Gasteiger partial charge in [-0.15, -0.1) is 0 Å². The van der Waals surface area contributed by atoms with Crippen molar-refractivity contribution in [2.45, 2.75) is 24.5 Å². The number of thioether (sulfide) groups is 1. The highest BCUT2D eigenvalue weighted by atomic mass is 32.2. The Bertz CT molecular complexity index is 570. The normalized spacial score (nSPS) is 19.2. The third-order valence-corrected chi connectivity index (χ3v) is 4.82. The van der Waals surface area contributed by atoms with Crippen LogP contribution in [0.5, 0.6) is 0 Å². The van der Waals surface area contributed by atoms with E-state index < -0.39 is 0 Å². The van der Waals surface area contributed by atoms with Gasteiger partial charge in [-0.05, 0) is 36.3 Å². The van der Waals surface area contributed by atoms with Crippen LogP contribution < -0.4 is 0 Å². The predicted octanol–water partition coefficient (Wildman–Crippen LogP) is 3.24. The third kappa shape index (κ3) is 2.27. The SMILES string of the molecule is O=C(Cc1ccnc2ccccc12)C1CCCS1. The molecule has 1 aromatic carbocycles. The second-order valence-corrected chi connectivity index (χ2v) is 5.94. The van der Waals surface area contributed by atoms with E-state index in [1.165, 1.54) is 6.42 Å². The molecule has 1 unspecified atom stereocenters. The van der Waals surface area contributed by atoms with Crippen LogP contribution in [0.1, 0.15) is 18.4 Å². The Balaban J connectivity index is 1.88. The molecule has 1 atom stereocenters. The van der Waals surface area contributed by atoms with Crippen molar-refractivity contribution < 1.29 is 4.79 Å². The lowest BCUT2D eigenvalue weighted by Gasteiger charge is -2.09. The van der Waals surface area contributed by atoms with Crippen LogP contribution in [0, 0.1) is 0 Å². The van der Waals surface area contributed by atoms with E-state index in [-0.39, 0.29) is 5.25 Å². The van der Waals surface area contributed by atoms with Crippen molar-refractivity contribution in [3.05, 3.63) is 42.1 Å². The molecule has 0 saturated carbocycles. The first-order valence-corrected chi connectivity index (χ1v) is 7.36. The molecule has 18 heavy (non-hydrogen) atoms. The summed E-state index contributed by atoms with van der Waals surface area (Å²) >= 11 is 1.81. The van der Waals surface area contributed by atoms with E-state index in [4.69, 9.17) is 0 Å². The minimum Gasteiger partial charge on any atom is -0.298 e. The van der Waals surface area contributed by atoms with Gasteiger partial charge in [0.1, 0.15) is 5.78 Å². The number of aromatic nitrogens is 1. The molecule has 3 rings (SSSR count). The first-order valence-electron chi connectivity index (χ1n) is 6.31. The molecule has 0 radical (unpaired) electrons. The molecule has 92 valence electrons. The van der Waals surface area contributed by atoms with Crippen LogP contribution in [0.15, 0.2) is 36.5 Å². The second kappa shape index (κ2) is 5.11. The highest BCUT2D eigenvalue weighted by molar-refractivity contribution is 8.00. The van der Waals surface area contributed by atoms with Crippen LogP contribution in [-0.4, -0.2) is 21.8 Å². The van der Waals surface area contributed by atoms with Gasteiger partial charge >= 0.3 is 0 Å². The van der Waals surface area contributed by atoms with E-state index in [9.17, 15) is 4.79 Å². The smallest absolute Gasteiger partial charge is 0.150 e. The number of carbonyl (C=O) groups is 1. The number of carbonyl (C=O) groups excluding carboxylic acids is 1. The molecule has 0 aliphatic carbocycles. The van der Waals surface area contributed by atoms with Crippen LogP contribution in [0.2, 0.25) is 0 Å². The summed E-state index contributed by atoms with van der Waals surface area (Å²) in [4.78, 5) is 16.5. The van der Waals surface area contributed by atoms with E-state index in [2.05, 4.69) is 4.98 Å². The molecule has 0 bridgehead atoms. The van der Waals surface area contributed by atoms with Gasteiger partial charge in [0.15, 0.2) is 0 Å². The van der Waals surface area contributed by atoms with Crippen LogP contribution >= 0.6 is 11.8 Å². The second-order valence-electron chi connectivity index (χ2n) is 4.63. The number of hydrogen-bond donors (Lipinski definition) is 0. The van der Waals surface area contributed by atoms with Crippen molar-refractivity contribution in [3.8, 4) is 0 Å². The molecule has 0 amide bonds. The molecule has 0 N–H and O–H groups in total. The molecule has 1 saturated heterocycles. The summed E-state index contributed by atoms with van der Waals surface area (Å²) in [6.07, 6.45) is 4.57. The summed E-state index contributed by atoms with van der Waals surface area (Å²) in [6.45, 7) is 0. The molecule has 1 aromatic heterocycles. The largest absolute Gasteiger partial charge is 0.298 e. The van der Waals surface area contributed by atoms with Crippen molar-refractivity contribution >= 4 is 28.4 Å². The number of benzene rings is 1. The first kappa shape index (κ1) is 11.7. The van der Waals surface area contributed by atoms with Gasteiger partial charge in [-0.3, -0.25) is 9.78 Å². The summed E-state index contributed by atoms with van der Waals surface area (Å²) in [5.41, 5.74) is 2.08. The Morgan fingerprint density at radius 3 is 3.06 bits per heavy atom. The first-order chi connectivity index (χ1) is 8.84.